The monoisotopic (exact) mass is 317 g/mol. The van der Waals surface area contributed by atoms with Crippen LogP contribution in [0.5, 0.6) is 0 Å². The Balaban J connectivity index is 2.67. The first-order valence-corrected chi connectivity index (χ1v) is 8.22. The second-order valence-electron chi connectivity index (χ2n) is 6.17. The zero-order valence-corrected chi connectivity index (χ0v) is 14.9. The highest BCUT2D eigenvalue weighted by atomic mass is 16.1. The third-order valence-electron chi connectivity index (χ3n) is 3.85. The van der Waals surface area contributed by atoms with Crippen molar-refractivity contribution < 1.29 is 0 Å². The number of aromatic nitrogens is 4. The molecule has 0 atom stereocenters. The molecule has 0 aliphatic carbocycles. The van der Waals surface area contributed by atoms with E-state index in [4.69, 9.17) is 4.98 Å². The lowest BCUT2D eigenvalue weighted by molar-refractivity contribution is 0.681. The third kappa shape index (κ3) is 3.30. The molecule has 0 aliphatic heterocycles. The van der Waals surface area contributed by atoms with Crippen molar-refractivity contribution in [2.24, 2.45) is 14.1 Å². The van der Waals surface area contributed by atoms with E-state index in [-0.39, 0.29) is 5.56 Å². The summed E-state index contributed by atoms with van der Waals surface area (Å²) in [5, 5.41) is 5.09. The van der Waals surface area contributed by atoms with Crippen molar-refractivity contribution in [1.29, 1.82) is 0 Å². The van der Waals surface area contributed by atoms with Crippen LogP contribution >= 0.6 is 0 Å². The first kappa shape index (κ1) is 17.2. The van der Waals surface area contributed by atoms with Crippen LogP contribution in [0.3, 0.4) is 0 Å². The molecule has 2 heterocycles. The molecule has 0 N–H and O–H groups in total. The lowest BCUT2D eigenvalue weighted by atomic mass is 10.1. The molecule has 0 saturated carbocycles. The molecule has 2 aromatic heterocycles. The van der Waals surface area contributed by atoms with Crippen molar-refractivity contribution in [1.82, 2.24) is 19.3 Å². The molecule has 0 saturated heterocycles. The summed E-state index contributed by atoms with van der Waals surface area (Å²) in [5.74, 6) is 0.719. The molecule has 0 bridgehead atoms. The van der Waals surface area contributed by atoms with E-state index in [1.807, 2.05) is 14.0 Å². The minimum Gasteiger partial charge on any atom is -0.342 e. The van der Waals surface area contributed by atoms with Gasteiger partial charge in [0.2, 0.25) is 5.95 Å². The predicted molar refractivity (Wildman–Crippen MR) is 95.1 cm³/mol. The molecular formula is C17H27N5O. The van der Waals surface area contributed by atoms with Crippen LogP contribution < -0.4 is 10.5 Å². The molecule has 0 amide bonds. The molecule has 0 aliphatic rings. The topological polar surface area (TPSA) is 56.0 Å². The smallest absolute Gasteiger partial charge is 0.266 e. The normalized spacial score (nSPS) is 11.2. The third-order valence-corrected chi connectivity index (χ3v) is 3.85. The fourth-order valence-electron chi connectivity index (χ4n) is 2.89. The molecule has 2 rings (SSSR count). The van der Waals surface area contributed by atoms with Gasteiger partial charge in [-0.1, -0.05) is 26.0 Å². The summed E-state index contributed by atoms with van der Waals surface area (Å²) in [5.41, 5.74) is 2.35. The van der Waals surface area contributed by atoms with E-state index in [9.17, 15) is 4.79 Å². The van der Waals surface area contributed by atoms with Gasteiger partial charge in [0, 0.05) is 33.6 Å². The number of aryl methyl sites for hydroxylation is 1. The number of rotatable bonds is 7. The van der Waals surface area contributed by atoms with Gasteiger partial charge in [0.25, 0.3) is 5.56 Å². The summed E-state index contributed by atoms with van der Waals surface area (Å²) in [7, 11) is 3.63. The van der Waals surface area contributed by atoms with Gasteiger partial charge in [0.15, 0.2) is 5.65 Å². The Morgan fingerprint density at radius 2 is 1.83 bits per heavy atom. The molecule has 0 radical (unpaired) electrons. The van der Waals surface area contributed by atoms with Gasteiger partial charge in [-0.2, -0.15) is 10.1 Å². The molecule has 6 heteroatoms. The Morgan fingerprint density at radius 1 is 1.22 bits per heavy atom. The molecule has 23 heavy (non-hydrogen) atoms. The largest absolute Gasteiger partial charge is 0.342 e. The molecule has 2 aromatic rings. The predicted octanol–water partition coefficient (Wildman–Crippen LogP) is 2.41. The van der Waals surface area contributed by atoms with E-state index in [1.165, 1.54) is 0 Å². The second kappa shape index (κ2) is 6.98. The number of nitrogens with zero attached hydrogens (tertiary/aromatic N) is 5. The van der Waals surface area contributed by atoms with E-state index in [2.05, 4.69) is 30.4 Å². The number of hydrogen-bond acceptors (Lipinski definition) is 4. The van der Waals surface area contributed by atoms with Gasteiger partial charge in [0.1, 0.15) is 5.39 Å². The van der Waals surface area contributed by atoms with Crippen molar-refractivity contribution in [2.75, 3.05) is 18.0 Å². The SMILES string of the molecule is C=C(C)Cc1nn(C)c2nc(N(CCC)CCC)n(C)c(=O)c12. The first-order chi connectivity index (χ1) is 10.9. The van der Waals surface area contributed by atoms with Crippen molar-refractivity contribution in [3.8, 4) is 0 Å². The molecule has 0 fully saturated rings. The lowest BCUT2D eigenvalue weighted by Gasteiger charge is -2.24. The molecule has 0 aromatic carbocycles. The zero-order valence-electron chi connectivity index (χ0n) is 14.9. The summed E-state index contributed by atoms with van der Waals surface area (Å²) in [4.78, 5) is 19.8. The van der Waals surface area contributed by atoms with Crippen LogP contribution in [0.1, 0.15) is 39.3 Å². The maximum absolute atomic E-state index is 12.9. The maximum atomic E-state index is 12.9. The van der Waals surface area contributed by atoms with Crippen LogP contribution in [0.15, 0.2) is 16.9 Å². The van der Waals surface area contributed by atoms with Gasteiger partial charge < -0.3 is 4.90 Å². The van der Waals surface area contributed by atoms with E-state index in [0.29, 0.717) is 17.5 Å². The van der Waals surface area contributed by atoms with Crippen LogP contribution in [0.2, 0.25) is 0 Å². The first-order valence-electron chi connectivity index (χ1n) is 8.22. The van der Waals surface area contributed by atoms with Crippen LogP contribution in [-0.4, -0.2) is 32.4 Å². The Morgan fingerprint density at radius 3 is 2.35 bits per heavy atom. The minimum atomic E-state index is -0.0356. The molecule has 126 valence electrons. The Labute approximate surface area is 137 Å². The zero-order chi connectivity index (χ0) is 17.1. The fraction of sp³-hybridized carbons (Fsp3) is 0.588. The Hall–Kier alpha value is -2.11. The average molecular weight is 317 g/mol. The van der Waals surface area contributed by atoms with E-state index in [0.717, 1.165) is 43.1 Å². The molecular weight excluding hydrogens is 290 g/mol. The lowest BCUT2D eigenvalue weighted by Crippen LogP contribution is -2.33. The van der Waals surface area contributed by atoms with Crippen LogP contribution in [0.4, 0.5) is 5.95 Å². The highest BCUT2D eigenvalue weighted by molar-refractivity contribution is 5.79. The van der Waals surface area contributed by atoms with Crippen molar-refractivity contribution in [3.63, 3.8) is 0 Å². The van der Waals surface area contributed by atoms with Gasteiger partial charge >= 0.3 is 0 Å². The molecule has 0 unspecified atom stereocenters. The van der Waals surface area contributed by atoms with Gasteiger partial charge in [0.05, 0.1) is 5.69 Å². The number of allylic oxidation sites excluding steroid dienone is 1. The van der Waals surface area contributed by atoms with Gasteiger partial charge in [-0.05, 0) is 19.8 Å². The van der Waals surface area contributed by atoms with Crippen LogP contribution in [0.25, 0.3) is 11.0 Å². The van der Waals surface area contributed by atoms with Crippen LogP contribution in [-0.2, 0) is 20.5 Å². The van der Waals surface area contributed by atoms with Gasteiger partial charge in [-0.15, -0.1) is 0 Å². The van der Waals surface area contributed by atoms with Crippen molar-refractivity contribution >= 4 is 17.0 Å². The highest BCUT2D eigenvalue weighted by Crippen LogP contribution is 2.19. The minimum absolute atomic E-state index is 0.0356. The van der Waals surface area contributed by atoms with E-state index in [1.54, 1.807) is 16.3 Å². The highest BCUT2D eigenvalue weighted by Gasteiger charge is 2.20. The summed E-state index contributed by atoms with van der Waals surface area (Å²) >= 11 is 0. The van der Waals surface area contributed by atoms with Crippen molar-refractivity contribution in [3.05, 3.63) is 28.2 Å². The number of anilines is 1. The quantitative estimate of drug-likeness (QED) is 0.736. The average Bonchev–Trinajstić information content (AvgIpc) is 2.78. The Kier molecular flexibility index (Phi) is 5.23. The number of fused-ring (bicyclic) bond motifs is 1. The van der Waals surface area contributed by atoms with Crippen LogP contribution in [0, 0.1) is 0 Å². The summed E-state index contributed by atoms with van der Waals surface area (Å²) in [6.45, 7) is 11.9. The fourth-order valence-corrected chi connectivity index (χ4v) is 2.89. The molecule has 6 nitrogen and oxygen atoms in total. The second-order valence-corrected chi connectivity index (χ2v) is 6.17. The van der Waals surface area contributed by atoms with E-state index < -0.39 is 0 Å². The standard InChI is InChI=1S/C17H27N5O/c1-7-9-22(10-8-2)17-18-15-14(16(23)20(17)5)13(11-12(3)4)19-21(15)6/h3,7-11H2,1-2,4-6H3. The molecule has 0 spiro atoms. The van der Waals surface area contributed by atoms with Gasteiger partial charge in [-0.3, -0.25) is 9.36 Å². The van der Waals surface area contributed by atoms with Gasteiger partial charge in [-0.25, -0.2) is 4.68 Å². The maximum Gasteiger partial charge on any atom is 0.266 e. The van der Waals surface area contributed by atoms with Crippen molar-refractivity contribution in [2.45, 2.75) is 40.0 Å². The summed E-state index contributed by atoms with van der Waals surface area (Å²) in [6.07, 6.45) is 2.63. The Bertz CT molecular complexity index is 765. The number of hydrogen-bond donors (Lipinski definition) is 0. The summed E-state index contributed by atoms with van der Waals surface area (Å²) < 4.78 is 3.35. The summed E-state index contributed by atoms with van der Waals surface area (Å²) in [6, 6.07) is 0. The van der Waals surface area contributed by atoms with E-state index >= 15 is 0 Å².